The van der Waals surface area contributed by atoms with Crippen molar-refractivity contribution < 1.29 is 0 Å². The predicted octanol–water partition coefficient (Wildman–Crippen LogP) is 3.59. The van der Waals surface area contributed by atoms with E-state index in [1.54, 1.807) is 0 Å². The minimum Gasteiger partial charge on any atom is -0.353 e. The number of alkyl halides is 1. The van der Waals surface area contributed by atoms with Gasteiger partial charge in [0, 0.05) is 24.3 Å². The lowest BCUT2D eigenvalue weighted by Gasteiger charge is -2.39. The van der Waals surface area contributed by atoms with Crippen LogP contribution in [-0.4, -0.2) is 17.6 Å². The van der Waals surface area contributed by atoms with E-state index >= 15 is 0 Å². The van der Waals surface area contributed by atoms with Gasteiger partial charge in [0.2, 0.25) is 0 Å². The molecule has 1 saturated heterocycles. The molecule has 2 atom stereocenters. The van der Waals surface area contributed by atoms with Crippen LogP contribution in [-0.2, 0) is 5.88 Å². The maximum atomic E-state index is 6.03. The number of nitrogens with zero attached hydrogens (tertiary/aromatic N) is 2. The van der Waals surface area contributed by atoms with Crippen molar-refractivity contribution in [1.29, 1.82) is 0 Å². The Morgan fingerprint density at radius 1 is 1.29 bits per heavy atom. The topological polar surface area (TPSA) is 16.1 Å². The van der Waals surface area contributed by atoms with E-state index in [4.69, 9.17) is 11.6 Å². The van der Waals surface area contributed by atoms with Gasteiger partial charge >= 0.3 is 0 Å². The molecule has 2 fully saturated rings. The van der Waals surface area contributed by atoms with Gasteiger partial charge in [-0.05, 0) is 37.7 Å². The molecule has 1 aromatic rings. The third kappa shape index (κ3) is 2.03. The van der Waals surface area contributed by atoms with Crippen molar-refractivity contribution in [3.05, 3.63) is 23.9 Å². The van der Waals surface area contributed by atoms with Gasteiger partial charge in [-0.25, -0.2) is 4.98 Å². The van der Waals surface area contributed by atoms with Gasteiger partial charge < -0.3 is 4.90 Å². The molecular weight excluding hydrogens is 232 g/mol. The van der Waals surface area contributed by atoms with Crippen molar-refractivity contribution in [2.45, 2.75) is 44.0 Å². The van der Waals surface area contributed by atoms with Gasteiger partial charge in [0.1, 0.15) is 5.82 Å². The highest BCUT2D eigenvalue weighted by molar-refractivity contribution is 6.17. The van der Waals surface area contributed by atoms with Gasteiger partial charge in [-0.2, -0.15) is 0 Å². The molecule has 0 spiro atoms. The van der Waals surface area contributed by atoms with Crippen molar-refractivity contribution >= 4 is 17.4 Å². The Morgan fingerprint density at radius 3 is 3.06 bits per heavy atom. The van der Waals surface area contributed by atoms with Crippen molar-refractivity contribution in [2.75, 3.05) is 11.4 Å². The molecule has 2 aliphatic rings. The fourth-order valence-electron chi connectivity index (χ4n) is 3.51. The molecule has 0 N–H and O–H groups in total. The summed E-state index contributed by atoms with van der Waals surface area (Å²) >= 11 is 6.03. The van der Waals surface area contributed by atoms with E-state index in [2.05, 4.69) is 16.0 Å². The zero-order valence-electron chi connectivity index (χ0n) is 10.1. The molecule has 3 rings (SSSR count). The summed E-state index contributed by atoms with van der Waals surface area (Å²) < 4.78 is 0. The van der Waals surface area contributed by atoms with E-state index in [0.29, 0.717) is 5.88 Å². The molecule has 0 amide bonds. The lowest BCUT2D eigenvalue weighted by Crippen LogP contribution is -2.43. The molecule has 1 aliphatic heterocycles. The summed E-state index contributed by atoms with van der Waals surface area (Å²) in [7, 11) is 0. The lowest BCUT2D eigenvalue weighted by atomic mass is 9.92. The first-order chi connectivity index (χ1) is 8.40. The van der Waals surface area contributed by atoms with Crippen LogP contribution < -0.4 is 4.90 Å². The van der Waals surface area contributed by atoms with E-state index in [1.165, 1.54) is 37.7 Å². The van der Waals surface area contributed by atoms with Crippen LogP contribution in [0.15, 0.2) is 18.3 Å². The molecule has 1 saturated carbocycles. The third-order valence-electron chi connectivity index (χ3n) is 4.28. The molecule has 1 aromatic heterocycles. The zero-order chi connectivity index (χ0) is 11.7. The summed E-state index contributed by atoms with van der Waals surface area (Å²) in [5.41, 5.74) is 1.18. The number of piperidine rings is 1. The molecule has 92 valence electrons. The number of fused-ring (bicyclic) bond motifs is 1. The molecule has 17 heavy (non-hydrogen) atoms. The average molecular weight is 251 g/mol. The number of hydrogen-bond donors (Lipinski definition) is 0. The first-order valence-electron chi connectivity index (χ1n) is 6.66. The van der Waals surface area contributed by atoms with E-state index in [9.17, 15) is 0 Å². The van der Waals surface area contributed by atoms with Crippen molar-refractivity contribution in [3.8, 4) is 0 Å². The van der Waals surface area contributed by atoms with Gasteiger partial charge in [0.05, 0.1) is 5.88 Å². The number of rotatable bonds is 2. The van der Waals surface area contributed by atoms with Crippen LogP contribution in [0.5, 0.6) is 0 Å². The van der Waals surface area contributed by atoms with E-state index < -0.39 is 0 Å². The summed E-state index contributed by atoms with van der Waals surface area (Å²) in [5, 5.41) is 0. The quantitative estimate of drug-likeness (QED) is 0.746. The first kappa shape index (κ1) is 11.3. The van der Waals surface area contributed by atoms with Crippen LogP contribution in [0.25, 0.3) is 0 Å². The lowest BCUT2D eigenvalue weighted by molar-refractivity contribution is 0.360. The largest absolute Gasteiger partial charge is 0.353 e. The number of hydrogen-bond acceptors (Lipinski definition) is 2. The number of halogens is 1. The average Bonchev–Trinajstić information content (AvgIpc) is 2.86. The molecule has 1 aliphatic carbocycles. The first-order valence-corrected chi connectivity index (χ1v) is 7.20. The second-order valence-corrected chi connectivity index (χ2v) is 5.48. The zero-order valence-corrected chi connectivity index (χ0v) is 10.9. The number of aromatic nitrogens is 1. The Bertz CT molecular complexity index is 394. The Balaban J connectivity index is 1.91. The molecule has 2 heterocycles. The van der Waals surface area contributed by atoms with E-state index in [-0.39, 0.29) is 0 Å². The molecule has 2 nitrogen and oxygen atoms in total. The molecule has 3 heteroatoms. The number of anilines is 1. The van der Waals surface area contributed by atoms with Crippen LogP contribution >= 0.6 is 11.6 Å². The second-order valence-electron chi connectivity index (χ2n) is 5.21. The van der Waals surface area contributed by atoms with Gasteiger partial charge in [-0.3, -0.25) is 0 Å². The Morgan fingerprint density at radius 2 is 2.18 bits per heavy atom. The maximum absolute atomic E-state index is 6.03. The molecular formula is C14H19ClN2. The molecule has 0 bridgehead atoms. The van der Waals surface area contributed by atoms with Crippen molar-refractivity contribution in [2.24, 2.45) is 5.92 Å². The normalized spacial score (nSPS) is 28.2. The van der Waals surface area contributed by atoms with Crippen LogP contribution in [0, 0.1) is 5.92 Å². The van der Waals surface area contributed by atoms with Crippen LogP contribution in [0.3, 0.4) is 0 Å². The molecule has 0 aromatic carbocycles. The van der Waals surface area contributed by atoms with Gasteiger partial charge in [-0.1, -0.05) is 12.5 Å². The Kier molecular flexibility index (Phi) is 3.24. The number of pyridine rings is 1. The fraction of sp³-hybridized carbons (Fsp3) is 0.643. The minimum absolute atomic E-state index is 0.567. The Hall–Kier alpha value is -0.760. The van der Waals surface area contributed by atoms with Gasteiger partial charge in [0.25, 0.3) is 0 Å². The smallest absolute Gasteiger partial charge is 0.133 e. The second kappa shape index (κ2) is 4.85. The SMILES string of the molecule is ClCc1cccnc1N1CCCC2CCCC21. The predicted molar refractivity (Wildman–Crippen MR) is 71.5 cm³/mol. The standard InChI is InChI=1S/C14H19ClN2/c15-10-12-5-2-8-16-14(12)17-9-3-6-11-4-1-7-13(11)17/h2,5,8,11,13H,1,3-4,6-7,9-10H2. The highest BCUT2D eigenvalue weighted by atomic mass is 35.5. The third-order valence-corrected chi connectivity index (χ3v) is 4.56. The Labute approximate surface area is 108 Å². The summed E-state index contributed by atoms with van der Waals surface area (Å²) in [6, 6.07) is 4.81. The maximum Gasteiger partial charge on any atom is 0.133 e. The minimum atomic E-state index is 0.567. The highest BCUT2D eigenvalue weighted by Gasteiger charge is 2.36. The summed E-state index contributed by atoms with van der Waals surface area (Å²) in [4.78, 5) is 7.10. The van der Waals surface area contributed by atoms with Gasteiger partial charge in [-0.15, -0.1) is 11.6 Å². The van der Waals surface area contributed by atoms with Crippen LogP contribution in [0.2, 0.25) is 0 Å². The fourth-order valence-corrected chi connectivity index (χ4v) is 3.72. The highest BCUT2D eigenvalue weighted by Crippen LogP contribution is 2.39. The van der Waals surface area contributed by atoms with E-state index in [0.717, 1.165) is 24.3 Å². The summed E-state index contributed by atoms with van der Waals surface area (Å²) in [6.07, 6.45) is 8.73. The van der Waals surface area contributed by atoms with Crippen molar-refractivity contribution in [3.63, 3.8) is 0 Å². The van der Waals surface area contributed by atoms with Gasteiger partial charge in [0.15, 0.2) is 0 Å². The van der Waals surface area contributed by atoms with Crippen LogP contribution in [0.4, 0.5) is 5.82 Å². The van der Waals surface area contributed by atoms with Crippen molar-refractivity contribution in [1.82, 2.24) is 4.98 Å². The summed E-state index contributed by atoms with van der Waals surface area (Å²) in [5.74, 6) is 2.60. The molecule has 0 radical (unpaired) electrons. The van der Waals surface area contributed by atoms with Crippen LogP contribution in [0.1, 0.15) is 37.7 Å². The monoisotopic (exact) mass is 250 g/mol. The molecule has 2 unspecified atom stereocenters. The van der Waals surface area contributed by atoms with E-state index in [1.807, 2.05) is 12.3 Å². The summed E-state index contributed by atoms with van der Waals surface area (Å²) in [6.45, 7) is 1.15.